The van der Waals surface area contributed by atoms with Gasteiger partial charge in [0.15, 0.2) is 11.5 Å². The van der Waals surface area contributed by atoms with E-state index in [-0.39, 0.29) is 11.9 Å². The van der Waals surface area contributed by atoms with E-state index in [0.29, 0.717) is 24.5 Å². The van der Waals surface area contributed by atoms with Gasteiger partial charge in [-0.15, -0.1) is 0 Å². The Bertz CT molecular complexity index is 655. The molecule has 1 aromatic rings. The van der Waals surface area contributed by atoms with E-state index in [1.54, 1.807) is 14.2 Å². The van der Waals surface area contributed by atoms with E-state index in [1.165, 1.54) is 38.5 Å². The van der Waals surface area contributed by atoms with Crippen LogP contribution in [0.3, 0.4) is 0 Å². The molecule has 1 amide bonds. The van der Waals surface area contributed by atoms with E-state index in [4.69, 9.17) is 14.2 Å². The van der Waals surface area contributed by atoms with Gasteiger partial charge in [0.05, 0.1) is 33.5 Å². The summed E-state index contributed by atoms with van der Waals surface area (Å²) in [6.07, 6.45) is 9.62. The van der Waals surface area contributed by atoms with Crippen molar-refractivity contribution in [1.29, 1.82) is 0 Å². The molecule has 1 N–H and O–H groups in total. The number of nitrogens with one attached hydrogen (secondary N) is 1. The lowest BCUT2D eigenvalue weighted by molar-refractivity contribution is -0.121. The van der Waals surface area contributed by atoms with Crippen LogP contribution in [0, 0.1) is 5.92 Å². The summed E-state index contributed by atoms with van der Waals surface area (Å²) in [6.45, 7) is 3.75. The van der Waals surface area contributed by atoms with E-state index in [0.717, 1.165) is 44.2 Å². The fourth-order valence-electron chi connectivity index (χ4n) is 4.73. The Balaban J connectivity index is 1.56. The zero-order chi connectivity index (χ0) is 21.2. The third-order valence-corrected chi connectivity index (χ3v) is 6.51. The lowest BCUT2D eigenvalue weighted by Gasteiger charge is -2.35. The minimum absolute atomic E-state index is 0.0935. The van der Waals surface area contributed by atoms with Gasteiger partial charge < -0.3 is 19.5 Å². The number of carbonyl (C=O) groups excluding carboxylic acids is 1. The van der Waals surface area contributed by atoms with Gasteiger partial charge in [0, 0.05) is 26.1 Å². The number of nitrogens with zero attached hydrogens (tertiary/aromatic N) is 1. The molecule has 1 unspecified atom stereocenters. The van der Waals surface area contributed by atoms with E-state index in [1.807, 2.05) is 12.1 Å². The summed E-state index contributed by atoms with van der Waals surface area (Å²) in [5, 5.41) is 3.19. The van der Waals surface area contributed by atoms with Crippen LogP contribution in [-0.2, 0) is 9.53 Å². The minimum atomic E-state index is 0.0935. The first-order valence-corrected chi connectivity index (χ1v) is 11.5. The molecule has 0 radical (unpaired) electrons. The van der Waals surface area contributed by atoms with Crippen LogP contribution < -0.4 is 14.8 Å². The first kappa shape index (κ1) is 22.9. The van der Waals surface area contributed by atoms with Crippen LogP contribution in [0.2, 0.25) is 0 Å². The Kier molecular flexibility index (Phi) is 9.27. The molecule has 1 heterocycles. The largest absolute Gasteiger partial charge is 0.493 e. The molecule has 1 aliphatic carbocycles. The minimum Gasteiger partial charge on any atom is -0.493 e. The third kappa shape index (κ3) is 6.61. The number of hydrogen-bond acceptors (Lipinski definition) is 5. The number of morpholine rings is 1. The smallest absolute Gasteiger partial charge is 0.220 e. The molecule has 30 heavy (non-hydrogen) atoms. The Morgan fingerprint density at radius 2 is 1.87 bits per heavy atom. The highest BCUT2D eigenvalue weighted by atomic mass is 16.5. The lowest BCUT2D eigenvalue weighted by atomic mass is 9.86. The Morgan fingerprint density at radius 3 is 2.57 bits per heavy atom. The molecular weight excluding hydrogens is 380 g/mol. The predicted molar refractivity (Wildman–Crippen MR) is 118 cm³/mol. The van der Waals surface area contributed by atoms with Gasteiger partial charge in [0.25, 0.3) is 0 Å². The average molecular weight is 419 g/mol. The Morgan fingerprint density at radius 1 is 1.13 bits per heavy atom. The van der Waals surface area contributed by atoms with Crippen molar-refractivity contribution in [3.63, 3.8) is 0 Å². The van der Waals surface area contributed by atoms with E-state index >= 15 is 0 Å². The molecule has 0 bridgehead atoms. The summed E-state index contributed by atoms with van der Waals surface area (Å²) < 4.78 is 16.4. The molecule has 6 nitrogen and oxygen atoms in total. The van der Waals surface area contributed by atoms with E-state index in [2.05, 4.69) is 16.3 Å². The second-order valence-corrected chi connectivity index (χ2v) is 8.48. The summed E-state index contributed by atoms with van der Waals surface area (Å²) >= 11 is 0. The quantitative estimate of drug-likeness (QED) is 0.624. The second kappa shape index (κ2) is 12.2. The van der Waals surface area contributed by atoms with E-state index < -0.39 is 0 Å². The molecule has 3 rings (SSSR count). The molecule has 0 aromatic heterocycles. The number of ether oxygens (including phenoxy) is 3. The Hall–Kier alpha value is -1.79. The van der Waals surface area contributed by atoms with Gasteiger partial charge in [-0.05, 0) is 36.5 Å². The number of carbonyl (C=O) groups is 1. The molecule has 1 saturated heterocycles. The fraction of sp³-hybridized carbons (Fsp3) is 0.708. The molecular formula is C24H38N2O4. The molecule has 168 valence electrons. The van der Waals surface area contributed by atoms with Crippen molar-refractivity contribution in [3.05, 3.63) is 23.8 Å². The number of rotatable bonds is 10. The van der Waals surface area contributed by atoms with Crippen LogP contribution in [0.1, 0.15) is 63.0 Å². The molecule has 1 saturated carbocycles. The molecule has 6 heteroatoms. The summed E-state index contributed by atoms with van der Waals surface area (Å²) in [6, 6.07) is 6.12. The number of hydrogen-bond donors (Lipinski definition) is 1. The molecule has 1 aromatic carbocycles. The second-order valence-electron chi connectivity index (χ2n) is 8.48. The van der Waals surface area contributed by atoms with Crippen molar-refractivity contribution in [3.8, 4) is 11.5 Å². The summed E-state index contributed by atoms with van der Waals surface area (Å²) in [5.41, 5.74) is 1.12. The number of methoxy groups -OCH3 is 2. The van der Waals surface area contributed by atoms with Gasteiger partial charge in [0.1, 0.15) is 0 Å². The topological polar surface area (TPSA) is 60.0 Å². The van der Waals surface area contributed by atoms with Crippen molar-refractivity contribution in [2.45, 2.75) is 57.4 Å². The third-order valence-electron chi connectivity index (χ3n) is 6.51. The van der Waals surface area contributed by atoms with Gasteiger partial charge in [-0.3, -0.25) is 9.69 Å². The van der Waals surface area contributed by atoms with Gasteiger partial charge >= 0.3 is 0 Å². The predicted octanol–water partition coefficient (Wildman–Crippen LogP) is 3.94. The van der Waals surface area contributed by atoms with Crippen LogP contribution in [0.5, 0.6) is 11.5 Å². The van der Waals surface area contributed by atoms with Crippen LogP contribution in [0.15, 0.2) is 18.2 Å². The van der Waals surface area contributed by atoms with Crippen molar-refractivity contribution in [2.75, 3.05) is 47.1 Å². The molecule has 2 fully saturated rings. The van der Waals surface area contributed by atoms with Gasteiger partial charge in [-0.25, -0.2) is 0 Å². The molecule has 1 aliphatic heterocycles. The van der Waals surface area contributed by atoms with E-state index in [9.17, 15) is 4.79 Å². The number of amides is 1. The standard InChI is InChI=1S/C24H38N2O4/c1-28-22-12-11-20(17-23(22)29-2)21(26-13-15-30-16-14-26)18-25-24(27)10-6-9-19-7-4-3-5-8-19/h11-12,17,19,21H,3-10,13-16,18H2,1-2H3,(H,25,27). The first-order chi connectivity index (χ1) is 14.7. The molecule has 2 aliphatic rings. The van der Waals surface area contributed by atoms with Gasteiger partial charge in [0.2, 0.25) is 5.91 Å². The van der Waals surface area contributed by atoms with Gasteiger partial charge in [-0.1, -0.05) is 38.2 Å². The summed E-state index contributed by atoms with van der Waals surface area (Å²) in [7, 11) is 3.30. The molecule has 1 atom stereocenters. The highest BCUT2D eigenvalue weighted by Gasteiger charge is 2.24. The maximum atomic E-state index is 12.5. The normalized spacial score (nSPS) is 19.3. The maximum Gasteiger partial charge on any atom is 0.220 e. The zero-order valence-electron chi connectivity index (χ0n) is 18.7. The lowest BCUT2D eigenvalue weighted by Crippen LogP contribution is -2.43. The van der Waals surface area contributed by atoms with Crippen LogP contribution in [0.25, 0.3) is 0 Å². The van der Waals surface area contributed by atoms with Crippen LogP contribution >= 0.6 is 0 Å². The van der Waals surface area contributed by atoms with Crippen molar-refractivity contribution in [1.82, 2.24) is 10.2 Å². The van der Waals surface area contributed by atoms with Crippen LogP contribution in [0.4, 0.5) is 0 Å². The summed E-state index contributed by atoms with van der Waals surface area (Å²) in [4.78, 5) is 14.9. The summed E-state index contributed by atoms with van der Waals surface area (Å²) in [5.74, 6) is 2.42. The SMILES string of the molecule is COc1ccc(C(CNC(=O)CCCC2CCCCC2)N2CCOCC2)cc1OC. The monoisotopic (exact) mass is 418 g/mol. The van der Waals surface area contributed by atoms with Crippen molar-refractivity contribution >= 4 is 5.91 Å². The highest BCUT2D eigenvalue weighted by Crippen LogP contribution is 2.32. The molecule has 0 spiro atoms. The Labute approximate surface area is 181 Å². The van der Waals surface area contributed by atoms with Crippen molar-refractivity contribution in [2.24, 2.45) is 5.92 Å². The fourth-order valence-corrected chi connectivity index (χ4v) is 4.73. The number of benzene rings is 1. The van der Waals surface area contributed by atoms with Gasteiger partial charge in [-0.2, -0.15) is 0 Å². The van der Waals surface area contributed by atoms with Crippen LogP contribution in [-0.4, -0.2) is 57.9 Å². The highest BCUT2D eigenvalue weighted by molar-refractivity contribution is 5.75. The zero-order valence-corrected chi connectivity index (χ0v) is 18.7. The first-order valence-electron chi connectivity index (χ1n) is 11.5. The maximum absolute atomic E-state index is 12.5. The van der Waals surface area contributed by atoms with Crippen molar-refractivity contribution < 1.29 is 19.0 Å². The average Bonchev–Trinajstić information content (AvgIpc) is 2.80.